The predicted octanol–water partition coefficient (Wildman–Crippen LogP) is 4.50. The van der Waals surface area contributed by atoms with Gasteiger partial charge in [-0.05, 0) is 64.9 Å². The highest BCUT2D eigenvalue weighted by Crippen LogP contribution is 2.21. The van der Waals surface area contributed by atoms with Gasteiger partial charge >= 0.3 is 0 Å². The molecule has 0 saturated heterocycles. The molecule has 3 aromatic rings. The summed E-state index contributed by atoms with van der Waals surface area (Å²) in [5, 5.41) is 7.96. The number of fused-ring (bicyclic) bond motifs is 1. The maximum Gasteiger partial charge on any atom is 0.241 e. The molecule has 0 fully saturated rings. The zero-order valence-electron chi connectivity index (χ0n) is 15.8. The number of benzene rings is 3. The van der Waals surface area contributed by atoms with Gasteiger partial charge in [-0.1, -0.05) is 42.5 Å². The van der Waals surface area contributed by atoms with Gasteiger partial charge in [0.05, 0.1) is 18.3 Å². The van der Waals surface area contributed by atoms with Gasteiger partial charge < -0.3 is 10.6 Å². The number of para-hydroxylation sites is 1. The summed E-state index contributed by atoms with van der Waals surface area (Å²) in [6.45, 7) is 1.88. The molecule has 1 unspecified atom stereocenters. The quantitative estimate of drug-likeness (QED) is 0.594. The Bertz CT molecular complexity index is 1010. The molecule has 2 N–H and O–H groups in total. The number of hydrogen-bond acceptors (Lipinski definition) is 3. The molecule has 3 aromatic carbocycles. The third-order valence-electron chi connectivity index (χ3n) is 4.60. The number of amides is 2. The van der Waals surface area contributed by atoms with Gasteiger partial charge in [-0.15, -0.1) is 0 Å². The molecule has 0 spiro atoms. The van der Waals surface area contributed by atoms with Crippen LogP contribution < -0.4 is 10.6 Å². The number of nitrogens with zero attached hydrogens (tertiary/aromatic N) is 1. The van der Waals surface area contributed by atoms with Crippen LogP contribution in [0.15, 0.2) is 71.2 Å². The highest BCUT2D eigenvalue weighted by molar-refractivity contribution is 9.10. The Kier molecular flexibility index (Phi) is 6.44. The van der Waals surface area contributed by atoms with Crippen LogP contribution in [0.25, 0.3) is 10.8 Å². The minimum absolute atomic E-state index is 0.105. The molecule has 0 saturated carbocycles. The summed E-state index contributed by atoms with van der Waals surface area (Å²) < 4.78 is 0.813. The Morgan fingerprint density at radius 1 is 0.964 bits per heavy atom. The Balaban J connectivity index is 1.58. The molecule has 1 atom stereocenters. The molecule has 3 rings (SSSR count). The van der Waals surface area contributed by atoms with Crippen molar-refractivity contribution in [3.63, 3.8) is 0 Å². The van der Waals surface area contributed by atoms with Crippen LogP contribution in [0.4, 0.5) is 11.4 Å². The molecule has 0 bridgehead atoms. The van der Waals surface area contributed by atoms with Gasteiger partial charge in [0.2, 0.25) is 11.8 Å². The Labute approximate surface area is 172 Å². The summed E-state index contributed by atoms with van der Waals surface area (Å²) in [6, 6.07) is 20.7. The largest absolute Gasteiger partial charge is 0.325 e. The van der Waals surface area contributed by atoms with Crippen LogP contribution in [-0.2, 0) is 9.59 Å². The van der Waals surface area contributed by atoms with E-state index in [-0.39, 0.29) is 18.4 Å². The number of carbonyl (C=O) groups is 2. The number of likely N-dealkylation sites (N-methyl/N-ethyl adjacent to an activating group) is 1. The smallest absolute Gasteiger partial charge is 0.241 e. The third kappa shape index (κ3) is 4.97. The summed E-state index contributed by atoms with van der Waals surface area (Å²) >= 11 is 3.40. The van der Waals surface area contributed by atoms with Crippen molar-refractivity contribution in [2.45, 2.75) is 13.0 Å². The van der Waals surface area contributed by atoms with Crippen molar-refractivity contribution < 1.29 is 9.59 Å². The topological polar surface area (TPSA) is 61.4 Å². The zero-order chi connectivity index (χ0) is 20.1. The lowest BCUT2D eigenvalue weighted by Crippen LogP contribution is -2.43. The van der Waals surface area contributed by atoms with E-state index in [4.69, 9.17) is 0 Å². The van der Waals surface area contributed by atoms with Crippen LogP contribution in [0.1, 0.15) is 6.92 Å². The summed E-state index contributed by atoms with van der Waals surface area (Å²) in [7, 11) is 1.75. The summed E-state index contributed by atoms with van der Waals surface area (Å²) in [6.07, 6.45) is 0. The van der Waals surface area contributed by atoms with Gasteiger partial charge in [-0.3, -0.25) is 14.5 Å². The molecule has 28 heavy (non-hydrogen) atoms. The molecular weight excluding hydrogens is 418 g/mol. The molecular formula is C22H22BrN3O2. The van der Waals surface area contributed by atoms with Crippen molar-refractivity contribution in [2.24, 2.45) is 0 Å². The zero-order valence-corrected chi connectivity index (χ0v) is 17.4. The predicted molar refractivity (Wildman–Crippen MR) is 117 cm³/mol. The summed E-state index contributed by atoms with van der Waals surface area (Å²) in [4.78, 5) is 26.6. The first-order chi connectivity index (χ1) is 13.4. The highest BCUT2D eigenvalue weighted by atomic mass is 79.9. The van der Waals surface area contributed by atoms with Crippen molar-refractivity contribution in [2.75, 3.05) is 24.2 Å². The van der Waals surface area contributed by atoms with Gasteiger partial charge in [0.25, 0.3) is 0 Å². The number of halogens is 1. The average molecular weight is 440 g/mol. The number of carbonyl (C=O) groups excluding carboxylic acids is 2. The standard InChI is InChI=1S/C22H22BrN3O2/c1-15(26(2)14-21(27)25-20-10-6-5-9-19(20)23)22(28)24-18-12-11-16-7-3-4-8-17(16)13-18/h3-13,15H,14H2,1-2H3,(H,24,28)(H,25,27). The van der Waals surface area contributed by atoms with Crippen molar-refractivity contribution >= 4 is 49.9 Å². The van der Waals surface area contributed by atoms with Gasteiger partial charge in [0, 0.05) is 10.2 Å². The normalized spacial score (nSPS) is 12.0. The SMILES string of the molecule is CC(C(=O)Nc1ccc2ccccc2c1)N(C)CC(=O)Nc1ccccc1Br. The minimum Gasteiger partial charge on any atom is -0.325 e. The van der Waals surface area contributed by atoms with E-state index in [0.717, 1.165) is 20.9 Å². The average Bonchev–Trinajstić information content (AvgIpc) is 2.69. The van der Waals surface area contributed by atoms with Crippen molar-refractivity contribution in [3.05, 3.63) is 71.2 Å². The van der Waals surface area contributed by atoms with Crippen LogP contribution >= 0.6 is 15.9 Å². The van der Waals surface area contributed by atoms with Crippen molar-refractivity contribution in [3.8, 4) is 0 Å². The van der Waals surface area contributed by atoms with E-state index in [1.54, 1.807) is 18.9 Å². The lowest BCUT2D eigenvalue weighted by Gasteiger charge is -2.23. The fraction of sp³-hybridized carbons (Fsp3) is 0.182. The maximum atomic E-state index is 12.6. The molecule has 0 aliphatic rings. The van der Waals surface area contributed by atoms with Crippen LogP contribution in [0, 0.1) is 0 Å². The molecule has 0 radical (unpaired) electrons. The fourth-order valence-corrected chi connectivity index (χ4v) is 3.21. The first kappa shape index (κ1) is 20.0. The monoisotopic (exact) mass is 439 g/mol. The second kappa shape index (κ2) is 8.99. The molecule has 0 heterocycles. The maximum absolute atomic E-state index is 12.6. The minimum atomic E-state index is -0.462. The first-order valence-corrected chi connectivity index (χ1v) is 9.77. The van der Waals surface area contributed by atoms with E-state index >= 15 is 0 Å². The third-order valence-corrected chi connectivity index (χ3v) is 5.29. The molecule has 6 heteroatoms. The highest BCUT2D eigenvalue weighted by Gasteiger charge is 2.20. The lowest BCUT2D eigenvalue weighted by molar-refractivity contribution is -0.122. The Morgan fingerprint density at radius 3 is 2.39 bits per heavy atom. The van der Waals surface area contributed by atoms with E-state index in [2.05, 4.69) is 26.6 Å². The van der Waals surface area contributed by atoms with Crippen LogP contribution in [-0.4, -0.2) is 36.3 Å². The molecule has 2 amide bonds. The summed E-state index contributed by atoms with van der Waals surface area (Å²) in [5.74, 6) is -0.341. The van der Waals surface area contributed by atoms with E-state index < -0.39 is 6.04 Å². The summed E-state index contributed by atoms with van der Waals surface area (Å²) in [5.41, 5.74) is 1.44. The van der Waals surface area contributed by atoms with Crippen LogP contribution in [0.2, 0.25) is 0 Å². The number of anilines is 2. The van der Waals surface area contributed by atoms with Gasteiger partial charge in [-0.25, -0.2) is 0 Å². The molecule has 0 aliphatic heterocycles. The van der Waals surface area contributed by atoms with Crippen molar-refractivity contribution in [1.29, 1.82) is 0 Å². The number of rotatable bonds is 6. The number of hydrogen-bond donors (Lipinski definition) is 2. The fourth-order valence-electron chi connectivity index (χ4n) is 2.83. The van der Waals surface area contributed by atoms with Gasteiger partial charge in [-0.2, -0.15) is 0 Å². The molecule has 0 aliphatic carbocycles. The van der Waals surface area contributed by atoms with Gasteiger partial charge in [0.15, 0.2) is 0 Å². The molecule has 144 valence electrons. The van der Waals surface area contributed by atoms with E-state index in [1.807, 2.05) is 66.7 Å². The Morgan fingerprint density at radius 2 is 1.64 bits per heavy atom. The van der Waals surface area contributed by atoms with E-state index in [1.165, 1.54) is 0 Å². The van der Waals surface area contributed by atoms with Crippen LogP contribution in [0.5, 0.6) is 0 Å². The van der Waals surface area contributed by atoms with Gasteiger partial charge in [0.1, 0.15) is 0 Å². The molecule has 0 aromatic heterocycles. The van der Waals surface area contributed by atoms with E-state index in [9.17, 15) is 9.59 Å². The lowest BCUT2D eigenvalue weighted by atomic mass is 10.1. The number of nitrogens with one attached hydrogen (secondary N) is 2. The second-order valence-corrected chi connectivity index (χ2v) is 7.52. The molecule has 5 nitrogen and oxygen atoms in total. The second-order valence-electron chi connectivity index (χ2n) is 6.67. The van der Waals surface area contributed by atoms with Crippen LogP contribution in [0.3, 0.4) is 0 Å². The Hall–Kier alpha value is -2.70. The first-order valence-electron chi connectivity index (χ1n) is 8.98. The van der Waals surface area contributed by atoms with Crippen molar-refractivity contribution in [1.82, 2.24) is 4.90 Å². The van der Waals surface area contributed by atoms with E-state index in [0.29, 0.717) is 5.69 Å².